The van der Waals surface area contributed by atoms with Gasteiger partial charge in [-0.25, -0.2) is 9.78 Å². The molecule has 1 unspecified atom stereocenters. The van der Waals surface area contributed by atoms with Gasteiger partial charge in [0.1, 0.15) is 5.82 Å². The molecule has 1 heterocycles. The van der Waals surface area contributed by atoms with Crippen molar-refractivity contribution in [1.29, 1.82) is 0 Å². The zero-order chi connectivity index (χ0) is 14.0. The lowest BCUT2D eigenvalue weighted by Crippen LogP contribution is -2.13. The van der Waals surface area contributed by atoms with Crippen LogP contribution >= 0.6 is 15.9 Å². The summed E-state index contributed by atoms with van der Waals surface area (Å²) < 4.78 is 7.17. The fraction of sp³-hybridized carbons (Fsp3) is 0.231. The minimum atomic E-state index is -1.28. The number of carbonyl (C=O) groups excluding carboxylic acids is 1. The summed E-state index contributed by atoms with van der Waals surface area (Å²) in [5, 5.41) is 9.78. The van der Waals surface area contributed by atoms with E-state index in [1.54, 1.807) is 24.4 Å². The molecule has 0 saturated heterocycles. The molecule has 0 spiro atoms. The van der Waals surface area contributed by atoms with E-state index in [1.165, 1.54) is 7.11 Å². The summed E-state index contributed by atoms with van der Waals surface area (Å²) in [5.41, 5.74) is 1.36. The summed E-state index contributed by atoms with van der Waals surface area (Å²) in [6, 6.07) is 5.18. The molecule has 1 aromatic heterocycles. The second kappa shape index (κ2) is 5.54. The minimum Gasteiger partial charge on any atom is -0.467 e. The SMILES string of the molecule is COC(=O)C(O)c1ccc(-n2ccnc2C)c(Br)c1. The Balaban J connectivity index is 2.38. The Bertz CT molecular complexity index is 610. The molecule has 100 valence electrons. The zero-order valence-corrected chi connectivity index (χ0v) is 12.1. The van der Waals surface area contributed by atoms with Crippen molar-refractivity contribution in [2.75, 3.05) is 7.11 Å². The monoisotopic (exact) mass is 324 g/mol. The van der Waals surface area contributed by atoms with Gasteiger partial charge in [0.2, 0.25) is 0 Å². The van der Waals surface area contributed by atoms with Crippen molar-refractivity contribution in [1.82, 2.24) is 9.55 Å². The summed E-state index contributed by atoms with van der Waals surface area (Å²) >= 11 is 3.43. The predicted molar refractivity (Wildman–Crippen MR) is 73.0 cm³/mol. The summed E-state index contributed by atoms with van der Waals surface area (Å²) in [5.74, 6) is 0.167. The van der Waals surface area contributed by atoms with Gasteiger partial charge in [-0.2, -0.15) is 0 Å². The number of methoxy groups -OCH3 is 1. The van der Waals surface area contributed by atoms with E-state index in [0.717, 1.165) is 16.0 Å². The minimum absolute atomic E-state index is 0.472. The van der Waals surface area contributed by atoms with Gasteiger partial charge in [-0.15, -0.1) is 0 Å². The lowest BCUT2D eigenvalue weighted by atomic mass is 10.1. The fourth-order valence-corrected chi connectivity index (χ4v) is 2.36. The molecule has 0 saturated carbocycles. The number of aliphatic hydroxyl groups excluding tert-OH is 1. The van der Waals surface area contributed by atoms with Crippen LogP contribution in [0.15, 0.2) is 35.1 Å². The van der Waals surface area contributed by atoms with E-state index in [0.29, 0.717) is 5.56 Å². The lowest BCUT2D eigenvalue weighted by Gasteiger charge is -2.12. The van der Waals surface area contributed by atoms with Crippen molar-refractivity contribution in [3.05, 3.63) is 46.5 Å². The van der Waals surface area contributed by atoms with Gasteiger partial charge in [-0.1, -0.05) is 6.07 Å². The highest BCUT2D eigenvalue weighted by molar-refractivity contribution is 9.10. The second-order valence-corrected chi connectivity index (χ2v) is 4.84. The largest absolute Gasteiger partial charge is 0.467 e. The molecule has 6 heteroatoms. The number of hydrogen-bond acceptors (Lipinski definition) is 4. The molecule has 0 radical (unpaired) electrons. The first-order chi connectivity index (χ1) is 9.04. The molecular formula is C13H13BrN2O3. The smallest absolute Gasteiger partial charge is 0.339 e. The van der Waals surface area contributed by atoms with Crippen LogP contribution in [0, 0.1) is 6.92 Å². The second-order valence-electron chi connectivity index (χ2n) is 3.98. The normalized spacial score (nSPS) is 12.2. The van der Waals surface area contributed by atoms with Crippen molar-refractivity contribution in [3.63, 3.8) is 0 Å². The first-order valence-electron chi connectivity index (χ1n) is 5.60. The van der Waals surface area contributed by atoms with E-state index < -0.39 is 12.1 Å². The van der Waals surface area contributed by atoms with Crippen molar-refractivity contribution in [2.45, 2.75) is 13.0 Å². The number of aliphatic hydroxyl groups is 1. The number of nitrogens with zero attached hydrogens (tertiary/aromatic N) is 2. The van der Waals surface area contributed by atoms with Gasteiger partial charge in [-0.3, -0.25) is 0 Å². The molecule has 2 rings (SSSR count). The molecule has 0 aliphatic rings. The number of aromatic nitrogens is 2. The fourth-order valence-electron chi connectivity index (χ4n) is 1.77. The summed E-state index contributed by atoms with van der Waals surface area (Å²) in [4.78, 5) is 15.4. The first kappa shape index (κ1) is 13.8. The van der Waals surface area contributed by atoms with E-state index in [-0.39, 0.29) is 0 Å². The number of aryl methyl sites for hydroxylation is 1. The van der Waals surface area contributed by atoms with Crippen LogP contribution in [0.5, 0.6) is 0 Å². The molecule has 1 atom stereocenters. The topological polar surface area (TPSA) is 64.3 Å². The summed E-state index contributed by atoms with van der Waals surface area (Å²) in [6.07, 6.45) is 2.27. The van der Waals surface area contributed by atoms with Crippen LogP contribution in [0.4, 0.5) is 0 Å². The number of rotatable bonds is 3. The molecule has 1 aromatic carbocycles. The van der Waals surface area contributed by atoms with Crippen LogP contribution in [0.25, 0.3) is 5.69 Å². The average Bonchev–Trinajstić information content (AvgIpc) is 2.83. The Morgan fingerprint density at radius 1 is 1.53 bits per heavy atom. The van der Waals surface area contributed by atoms with Crippen LogP contribution in [0.3, 0.4) is 0 Å². The Labute approximate surface area is 119 Å². The Hall–Kier alpha value is -1.66. The molecule has 0 fully saturated rings. The van der Waals surface area contributed by atoms with Gasteiger partial charge >= 0.3 is 5.97 Å². The van der Waals surface area contributed by atoms with E-state index in [2.05, 4.69) is 25.7 Å². The van der Waals surface area contributed by atoms with Crippen molar-refractivity contribution < 1.29 is 14.6 Å². The van der Waals surface area contributed by atoms with Gasteiger partial charge in [0.15, 0.2) is 6.10 Å². The highest BCUT2D eigenvalue weighted by Crippen LogP contribution is 2.26. The Morgan fingerprint density at radius 3 is 2.79 bits per heavy atom. The molecule has 0 aliphatic carbocycles. The van der Waals surface area contributed by atoms with Gasteiger partial charge in [0.05, 0.1) is 12.8 Å². The van der Waals surface area contributed by atoms with Crippen molar-refractivity contribution in [3.8, 4) is 5.69 Å². The molecule has 0 amide bonds. The summed E-state index contributed by atoms with van der Waals surface area (Å²) in [6.45, 7) is 1.89. The van der Waals surface area contributed by atoms with Gasteiger partial charge in [0, 0.05) is 16.9 Å². The van der Waals surface area contributed by atoms with Crippen LogP contribution in [0.1, 0.15) is 17.5 Å². The number of benzene rings is 1. The van der Waals surface area contributed by atoms with E-state index >= 15 is 0 Å². The quantitative estimate of drug-likeness (QED) is 0.879. The predicted octanol–water partition coefficient (Wildman–Crippen LogP) is 2.15. The molecule has 2 aromatic rings. The van der Waals surface area contributed by atoms with Crippen LogP contribution in [-0.2, 0) is 9.53 Å². The van der Waals surface area contributed by atoms with Gasteiger partial charge in [0.25, 0.3) is 0 Å². The summed E-state index contributed by atoms with van der Waals surface area (Å²) in [7, 11) is 1.24. The number of hydrogen-bond donors (Lipinski definition) is 1. The standard InChI is InChI=1S/C13H13BrN2O3/c1-8-15-5-6-16(8)11-4-3-9(7-10(11)14)12(17)13(18)19-2/h3-7,12,17H,1-2H3. The van der Waals surface area contributed by atoms with E-state index in [1.807, 2.05) is 17.7 Å². The van der Waals surface area contributed by atoms with Crippen LogP contribution in [0.2, 0.25) is 0 Å². The van der Waals surface area contributed by atoms with Gasteiger partial charge in [-0.05, 0) is 40.5 Å². The molecule has 0 aliphatic heterocycles. The zero-order valence-electron chi connectivity index (χ0n) is 10.5. The third-order valence-corrected chi connectivity index (χ3v) is 3.43. The average molecular weight is 325 g/mol. The molecule has 0 bridgehead atoms. The number of carbonyl (C=O) groups is 1. The molecule has 1 N–H and O–H groups in total. The van der Waals surface area contributed by atoms with Crippen molar-refractivity contribution >= 4 is 21.9 Å². The molecule has 5 nitrogen and oxygen atoms in total. The maximum Gasteiger partial charge on any atom is 0.339 e. The van der Waals surface area contributed by atoms with Crippen molar-refractivity contribution in [2.24, 2.45) is 0 Å². The highest BCUT2D eigenvalue weighted by atomic mass is 79.9. The van der Waals surface area contributed by atoms with Crippen LogP contribution in [-0.4, -0.2) is 27.7 Å². The molecule has 19 heavy (non-hydrogen) atoms. The molecular weight excluding hydrogens is 312 g/mol. The number of esters is 1. The Kier molecular flexibility index (Phi) is 4.01. The van der Waals surface area contributed by atoms with E-state index in [9.17, 15) is 9.90 Å². The third-order valence-electron chi connectivity index (χ3n) is 2.80. The third kappa shape index (κ3) is 2.69. The van der Waals surface area contributed by atoms with E-state index in [4.69, 9.17) is 0 Å². The first-order valence-corrected chi connectivity index (χ1v) is 6.39. The van der Waals surface area contributed by atoms with Gasteiger partial charge < -0.3 is 14.4 Å². The maximum atomic E-state index is 11.3. The lowest BCUT2D eigenvalue weighted by molar-refractivity contribution is -0.150. The Morgan fingerprint density at radius 2 is 2.26 bits per heavy atom. The number of ether oxygens (including phenoxy) is 1. The maximum absolute atomic E-state index is 11.3. The highest BCUT2D eigenvalue weighted by Gasteiger charge is 2.19. The van der Waals surface area contributed by atoms with Crippen LogP contribution < -0.4 is 0 Å². The number of imidazole rings is 1. The number of halogens is 1.